The van der Waals surface area contributed by atoms with Crippen LogP contribution in [0.3, 0.4) is 0 Å². The number of benzene rings is 9. The smallest absolute Gasteiger partial charge is 0.00261 e. The van der Waals surface area contributed by atoms with Gasteiger partial charge in [0, 0.05) is 0 Å². The Morgan fingerprint density at radius 3 is 1.33 bits per heavy atom. The zero-order valence-electron chi connectivity index (χ0n) is 26.0. The van der Waals surface area contributed by atoms with Crippen LogP contribution in [-0.2, 0) is 0 Å². The summed E-state index contributed by atoms with van der Waals surface area (Å²) in [5.74, 6) is 0. The molecule has 0 spiro atoms. The fourth-order valence-electron chi connectivity index (χ4n) is 7.78. The molecule has 0 amide bonds. The average Bonchev–Trinajstić information content (AvgIpc) is 3.11. The highest BCUT2D eigenvalue weighted by Gasteiger charge is 2.18. The van der Waals surface area contributed by atoms with Gasteiger partial charge in [0.25, 0.3) is 0 Å². The van der Waals surface area contributed by atoms with Crippen molar-refractivity contribution in [2.75, 3.05) is 0 Å². The van der Waals surface area contributed by atoms with Gasteiger partial charge in [-0.25, -0.2) is 0 Å². The maximum Gasteiger partial charge on any atom is -0.00261 e. The summed E-state index contributed by atoms with van der Waals surface area (Å²) in [6.07, 6.45) is 0. The third-order valence-corrected chi connectivity index (χ3v) is 9.90. The Bertz CT molecular complexity index is 2580. The lowest BCUT2D eigenvalue weighted by atomic mass is 9.84. The zero-order chi connectivity index (χ0) is 30.8. The van der Waals surface area contributed by atoms with Crippen molar-refractivity contribution in [1.82, 2.24) is 0 Å². The molecule has 0 nitrogen and oxygen atoms in total. The number of fused-ring (bicyclic) bond motifs is 8. The van der Waals surface area contributed by atoms with E-state index in [1.807, 2.05) is 0 Å². The molecular formula is C46H32. The van der Waals surface area contributed by atoms with E-state index >= 15 is 0 Å². The molecule has 0 aliphatic rings. The second kappa shape index (κ2) is 10.4. The summed E-state index contributed by atoms with van der Waals surface area (Å²) in [5.41, 5.74) is 10.3. The first-order valence-electron chi connectivity index (χ1n) is 16.1. The molecule has 0 aliphatic heterocycles. The quantitative estimate of drug-likeness (QED) is 0.143. The van der Waals surface area contributed by atoms with E-state index in [0.717, 1.165) is 0 Å². The first kappa shape index (κ1) is 26.7. The van der Waals surface area contributed by atoms with Crippen LogP contribution in [0.25, 0.3) is 87.2 Å². The van der Waals surface area contributed by atoms with Crippen LogP contribution in [0, 0.1) is 13.8 Å². The van der Waals surface area contributed by atoms with Crippen molar-refractivity contribution >= 4 is 53.9 Å². The topological polar surface area (TPSA) is 0 Å². The molecule has 0 heteroatoms. The van der Waals surface area contributed by atoms with E-state index in [4.69, 9.17) is 0 Å². The Kier molecular flexibility index (Phi) is 6.05. The summed E-state index contributed by atoms with van der Waals surface area (Å²) in [5, 5.41) is 12.9. The molecule has 0 aromatic heterocycles. The van der Waals surface area contributed by atoms with Crippen molar-refractivity contribution in [3.8, 4) is 33.4 Å². The minimum Gasteiger partial charge on any atom is -0.0622 e. The molecule has 9 aromatic carbocycles. The Morgan fingerprint density at radius 1 is 0.261 bits per heavy atom. The van der Waals surface area contributed by atoms with Gasteiger partial charge in [-0.05, 0) is 124 Å². The van der Waals surface area contributed by atoms with Gasteiger partial charge in [-0.1, -0.05) is 146 Å². The Hall–Kier alpha value is -5.72. The lowest BCUT2D eigenvalue weighted by Crippen LogP contribution is -1.92. The second-order valence-corrected chi connectivity index (χ2v) is 12.5. The Balaban J connectivity index is 1.39. The molecule has 0 atom stereocenters. The van der Waals surface area contributed by atoms with E-state index in [9.17, 15) is 0 Å². The normalized spacial score (nSPS) is 11.7. The second-order valence-electron chi connectivity index (χ2n) is 12.5. The van der Waals surface area contributed by atoms with Crippen LogP contribution in [0.4, 0.5) is 0 Å². The molecule has 216 valence electrons. The molecule has 0 aliphatic carbocycles. The highest BCUT2D eigenvalue weighted by molar-refractivity contribution is 6.28. The first-order chi connectivity index (χ1) is 22.7. The maximum atomic E-state index is 2.45. The van der Waals surface area contributed by atoms with E-state index in [1.165, 1.54) is 98.4 Å². The predicted octanol–water partition coefficient (Wildman–Crippen LogP) is 13.1. The summed E-state index contributed by atoms with van der Waals surface area (Å²) in [6, 6.07) is 58.3. The number of hydrogen-bond acceptors (Lipinski definition) is 0. The van der Waals surface area contributed by atoms with Gasteiger partial charge < -0.3 is 0 Å². The molecule has 0 heterocycles. The van der Waals surface area contributed by atoms with Gasteiger partial charge >= 0.3 is 0 Å². The van der Waals surface area contributed by atoms with Crippen LogP contribution in [0.1, 0.15) is 11.1 Å². The van der Waals surface area contributed by atoms with Crippen molar-refractivity contribution < 1.29 is 0 Å². The highest BCUT2D eigenvalue weighted by atomic mass is 14.2. The van der Waals surface area contributed by atoms with E-state index in [0.29, 0.717) is 0 Å². The van der Waals surface area contributed by atoms with Gasteiger partial charge in [0.1, 0.15) is 0 Å². The van der Waals surface area contributed by atoms with Crippen molar-refractivity contribution in [3.05, 3.63) is 169 Å². The van der Waals surface area contributed by atoms with Crippen LogP contribution >= 0.6 is 0 Å². The third kappa shape index (κ3) is 4.00. The lowest BCUT2D eigenvalue weighted by Gasteiger charge is -2.19. The Labute approximate surface area is 269 Å². The van der Waals surface area contributed by atoms with Crippen molar-refractivity contribution in [2.45, 2.75) is 13.8 Å². The fraction of sp³-hybridized carbons (Fsp3) is 0.0435. The van der Waals surface area contributed by atoms with Crippen LogP contribution in [0.2, 0.25) is 0 Å². The van der Waals surface area contributed by atoms with E-state index in [1.54, 1.807) is 0 Å². The van der Waals surface area contributed by atoms with Gasteiger partial charge in [0.2, 0.25) is 0 Å². The van der Waals surface area contributed by atoms with Crippen LogP contribution in [-0.4, -0.2) is 0 Å². The fourth-order valence-corrected chi connectivity index (χ4v) is 7.78. The van der Waals surface area contributed by atoms with Crippen LogP contribution < -0.4 is 0 Å². The highest BCUT2D eigenvalue weighted by Crippen LogP contribution is 2.46. The maximum absolute atomic E-state index is 2.45. The standard InChI is InChI=1S/C46H32/c1-29-14-6-7-17-33(29)41-28-44-36-25-24-32(27-43(36)35-19-9-8-18-34(35)42(44)26-30(41)2)46-39-22-12-10-20-37(39)45(31-15-4-3-5-16-31)38-21-11-13-23-40(38)46/h3-28H,1-2H3. The monoisotopic (exact) mass is 584 g/mol. The molecule has 9 rings (SSSR count). The number of aryl methyl sites for hydroxylation is 2. The summed E-state index contributed by atoms with van der Waals surface area (Å²) in [7, 11) is 0. The van der Waals surface area contributed by atoms with Crippen molar-refractivity contribution in [3.63, 3.8) is 0 Å². The minimum atomic E-state index is 1.25. The Morgan fingerprint density at radius 2 is 0.717 bits per heavy atom. The van der Waals surface area contributed by atoms with Crippen LogP contribution in [0.5, 0.6) is 0 Å². The van der Waals surface area contributed by atoms with Crippen molar-refractivity contribution in [1.29, 1.82) is 0 Å². The minimum absolute atomic E-state index is 1.25. The van der Waals surface area contributed by atoms with Gasteiger partial charge in [-0.3, -0.25) is 0 Å². The molecule has 0 unspecified atom stereocenters. The van der Waals surface area contributed by atoms with Gasteiger partial charge in [-0.2, -0.15) is 0 Å². The molecule has 0 fully saturated rings. The lowest BCUT2D eigenvalue weighted by molar-refractivity contribution is 1.42. The molecule has 9 aromatic rings. The molecule has 46 heavy (non-hydrogen) atoms. The summed E-state index contributed by atoms with van der Waals surface area (Å²) in [6.45, 7) is 4.46. The summed E-state index contributed by atoms with van der Waals surface area (Å²) < 4.78 is 0. The first-order valence-corrected chi connectivity index (χ1v) is 16.1. The largest absolute Gasteiger partial charge is 0.0622 e. The molecule has 0 N–H and O–H groups in total. The molecular weight excluding hydrogens is 553 g/mol. The number of hydrogen-bond donors (Lipinski definition) is 0. The third-order valence-electron chi connectivity index (χ3n) is 9.90. The van der Waals surface area contributed by atoms with E-state index in [2.05, 4.69) is 172 Å². The zero-order valence-corrected chi connectivity index (χ0v) is 26.0. The molecule has 0 saturated heterocycles. The van der Waals surface area contributed by atoms with Gasteiger partial charge in [0.05, 0.1) is 0 Å². The van der Waals surface area contributed by atoms with E-state index in [-0.39, 0.29) is 0 Å². The molecule has 0 saturated carbocycles. The average molecular weight is 585 g/mol. The van der Waals surface area contributed by atoms with Crippen LogP contribution in [0.15, 0.2) is 158 Å². The predicted molar refractivity (Wildman–Crippen MR) is 200 cm³/mol. The van der Waals surface area contributed by atoms with Gasteiger partial charge in [0.15, 0.2) is 0 Å². The molecule has 0 radical (unpaired) electrons. The molecule has 0 bridgehead atoms. The summed E-state index contributed by atoms with van der Waals surface area (Å²) in [4.78, 5) is 0. The number of rotatable bonds is 3. The van der Waals surface area contributed by atoms with Gasteiger partial charge in [-0.15, -0.1) is 0 Å². The SMILES string of the molecule is Cc1ccccc1-c1cc2c3ccc(-c4c5ccccc5c(-c5ccccc5)c5ccccc45)cc3c3ccccc3c2cc1C. The van der Waals surface area contributed by atoms with E-state index < -0.39 is 0 Å². The summed E-state index contributed by atoms with van der Waals surface area (Å²) >= 11 is 0. The van der Waals surface area contributed by atoms with Crippen molar-refractivity contribution in [2.24, 2.45) is 0 Å².